The van der Waals surface area contributed by atoms with Gasteiger partial charge >= 0.3 is 0 Å². The number of methoxy groups -OCH3 is 1. The van der Waals surface area contributed by atoms with Crippen LogP contribution >= 0.6 is 24.8 Å². The van der Waals surface area contributed by atoms with Crippen molar-refractivity contribution in [1.82, 2.24) is 5.32 Å². The summed E-state index contributed by atoms with van der Waals surface area (Å²) in [6.45, 7) is 6.86. The number of halogens is 2. The van der Waals surface area contributed by atoms with Crippen molar-refractivity contribution < 1.29 is 13.2 Å². The maximum atomic E-state index is 11.7. The molecule has 0 radical (unpaired) electrons. The van der Waals surface area contributed by atoms with E-state index in [0.717, 1.165) is 30.9 Å². The van der Waals surface area contributed by atoms with Gasteiger partial charge in [0.25, 0.3) is 0 Å². The third kappa shape index (κ3) is 5.39. The first kappa shape index (κ1) is 23.3. The smallest absolute Gasteiger partial charge is 0.153 e. The second-order valence-electron chi connectivity index (χ2n) is 6.63. The Morgan fingerprint density at radius 1 is 1.19 bits per heavy atom. The molecular weight excluding hydrogens is 397 g/mol. The lowest BCUT2D eigenvalue weighted by atomic mass is 10.1. The van der Waals surface area contributed by atoms with Crippen molar-refractivity contribution in [2.45, 2.75) is 19.6 Å². The minimum Gasteiger partial charge on any atom is -0.380 e. The van der Waals surface area contributed by atoms with Gasteiger partial charge in [-0.05, 0) is 25.1 Å². The monoisotopic (exact) mass is 425 g/mol. The molecule has 0 aliphatic carbocycles. The van der Waals surface area contributed by atoms with E-state index in [2.05, 4.69) is 40.2 Å². The molecule has 3 rings (SSSR count). The number of nitrogens with zero attached hydrogens (tertiary/aromatic N) is 2. The van der Waals surface area contributed by atoms with Crippen LogP contribution in [0.3, 0.4) is 0 Å². The highest BCUT2D eigenvalue weighted by molar-refractivity contribution is 7.91. The predicted molar refractivity (Wildman–Crippen MR) is 112 cm³/mol. The lowest BCUT2D eigenvalue weighted by Gasteiger charge is -2.37. The molecule has 0 bridgehead atoms. The minimum absolute atomic E-state index is 0. The number of sulfone groups is 1. The highest BCUT2D eigenvalue weighted by Crippen LogP contribution is 2.29. The SMILES string of the molecule is COCc1cc(N2CCNC[C@@H]2C)ccc1N1CCS(=O)(=O)CC1.Cl.Cl. The van der Waals surface area contributed by atoms with Crippen molar-refractivity contribution >= 4 is 46.0 Å². The lowest BCUT2D eigenvalue weighted by Crippen LogP contribution is -2.50. The number of nitrogens with one attached hydrogen (secondary N) is 1. The Kier molecular flexibility index (Phi) is 8.96. The summed E-state index contributed by atoms with van der Waals surface area (Å²) < 4.78 is 28.7. The van der Waals surface area contributed by atoms with Crippen LogP contribution in [0.25, 0.3) is 0 Å². The van der Waals surface area contributed by atoms with Gasteiger partial charge in [0, 0.05) is 62.8 Å². The van der Waals surface area contributed by atoms with Gasteiger partial charge in [-0.3, -0.25) is 0 Å². The van der Waals surface area contributed by atoms with Crippen LogP contribution in [0.15, 0.2) is 18.2 Å². The third-order valence-corrected chi connectivity index (χ3v) is 6.49. The molecule has 0 amide bonds. The molecule has 150 valence electrons. The van der Waals surface area contributed by atoms with Gasteiger partial charge in [0.1, 0.15) is 0 Å². The first-order valence-electron chi connectivity index (χ1n) is 8.55. The van der Waals surface area contributed by atoms with Crippen LogP contribution < -0.4 is 15.1 Å². The van der Waals surface area contributed by atoms with E-state index in [-0.39, 0.29) is 36.3 Å². The minimum atomic E-state index is -2.87. The topological polar surface area (TPSA) is 61.9 Å². The zero-order valence-electron chi connectivity index (χ0n) is 15.3. The third-order valence-electron chi connectivity index (χ3n) is 4.88. The molecule has 1 atom stereocenters. The summed E-state index contributed by atoms with van der Waals surface area (Å²) in [5.41, 5.74) is 3.43. The summed E-state index contributed by atoms with van der Waals surface area (Å²) in [7, 11) is -1.17. The molecular formula is C17H29Cl2N3O3S. The fourth-order valence-electron chi connectivity index (χ4n) is 3.51. The molecule has 2 saturated heterocycles. The van der Waals surface area contributed by atoms with E-state index in [9.17, 15) is 8.42 Å². The molecule has 0 spiro atoms. The highest BCUT2D eigenvalue weighted by atomic mass is 35.5. The average Bonchev–Trinajstić information content (AvgIpc) is 2.56. The Bertz CT molecular complexity index is 674. The number of benzene rings is 1. The van der Waals surface area contributed by atoms with Crippen molar-refractivity contribution in [3.05, 3.63) is 23.8 Å². The Labute approximate surface area is 169 Å². The normalized spacial score (nSPS) is 22.3. The van der Waals surface area contributed by atoms with E-state index >= 15 is 0 Å². The van der Waals surface area contributed by atoms with Crippen LogP contribution in [0.1, 0.15) is 12.5 Å². The van der Waals surface area contributed by atoms with Crippen molar-refractivity contribution in [1.29, 1.82) is 0 Å². The maximum Gasteiger partial charge on any atom is 0.153 e. The molecule has 0 unspecified atom stereocenters. The molecule has 1 aromatic rings. The predicted octanol–water partition coefficient (Wildman–Crippen LogP) is 1.71. The first-order valence-corrected chi connectivity index (χ1v) is 10.4. The Balaban J connectivity index is 0.00000169. The number of ether oxygens (including phenoxy) is 1. The average molecular weight is 426 g/mol. The van der Waals surface area contributed by atoms with E-state index in [0.29, 0.717) is 25.7 Å². The summed E-state index contributed by atoms with van der Waals surface area (Å²) in [6.07, 6.45) is 0. The second kappa shape index (κ2) is 9.99. The zero-order valence-corrected chi connectivity index (χ0v) is 17.8. The van der Waals surface area contributed by atoms with E-state index < -0.39 is 9.84 Å². The molecule has 2 fully saturated rings. The fourth-order valence-corrected chi connectivity index (χ4v) is 4.71. The summed E-state index contributed by atoms with van der Waals surface area (Å²) in [6, 6.07) is 6.93. The maximum absolute atomic E-state index is 11.7. The number of anilines is 2. The number of piperazine rings is 1. The highest BCUT2D eigenvalue weighted by Gasteiger charge is 2.24. The van der Waals surface area contributed by atoms with Crippen molar-refractivity contribution in [3.8, 4) is 0 Å². The van der Waals surface area contributed by atoms with Crippen LogP contribution in [0, 0.1) is 0 Å². The summed E-state index contributed by atoms with van der Waals surface area (Å²) in [5.74, 6) is 0.464. The molecule has 2 aliphatic rings. The van der Waals surface area contributed by atoms with E-state index in [1.807, 2.05) is 0 Å². The van der Waals surface area contributed by atoms with Gasteiger partial charge in [-0.2, -0.15) is 0 Å². The summed E-state index contributed by atoms with van der Waals surface area (Å²) in [4.78, 5) is 4.58. The molecule has 9 heteroatoms. The zero-order chi connectivity index (χ0) is 17.2. The fraction of sp³-hybridized carbons (Fsp3) is 0.647. The quantitative estimate of drug-likeness (QED) is 0.791. The molecule has 2 heterocycles. The molecule has 1 N–H and O–H groups in total. The van der Waals surface area contributed by atoms with Crippen LogP contribution in [0.4, 0.5) is 11.4 Å². The standard InChI is InChI=1S/C17H27N3O3S.2ClH/c1-14-12-18-5-6-20(14)16-3-4-17(15(11-16)13-23-2)19-7-9-24(21,22)10-8-19;;/h3-4,11,14,18H,5-10,12-13H2,1-2H3;2*1H/t14-;;/m0../s1. The molecule has 1 aromatic carbocycles. The summed E-state index contributed by atoms with van der Waals surface area (Å²) >= 11 is 0. The van der Waals surface area contributed by atoms with Gasteiger partial charge in [-0.25, -0.2) is 8.42 Å². The Hall–Kier alpha value is -0.730. The molecule has 0 aromatic heterocycles. The first-order chi connectivity index (χ1) is 11.5. The Morgan fingerprint density at radius 3 is 2.50 bits per heavy atom. The van der Waals surface area contributed by atoms with Gasteiger partial charge in [0.15, 0.2) is 9.84 Å². The number of hydrogen-bond donors (Lipinski definition) is 1. The van der Waals surface area contributed by atoms with Gasteiger partial charge < -0.3 is 19.9 Å². The molecule has 0 saturated carbocycles. The van der Waals surface area contributed by atoms with Gasteiger partial charge in [-0.1, -0.05) is 0 Å². The van der Waals surface area contributed by atoms with Gasteiger partial charge in [0.2, 0.25) is 0 Å². The molecule has 2 aliphatic heterocycles. The number of rotatable bonds is 4. The van der Waals surface area contributed by atoms with Crippen LogP contribution in [-0.4, -0.2) is 65.8 Å². The number of hydrogen-bond acceptors (Lipinski definition) is 6. The van der Waals surface area contributed by atoms with E-state index in [4.69, 9.17) is 4.74 Å². The largest absolute Gasteiger partial charge is 0.380 e. The van der Waals surface area contributed by atoms with Crippen molar-refractivity contribution in [2.24, 2.45) is 0 Å². The van der Waals surface area contributed by atoms with E-state index in [1.54, 1.807) is 7.11 Å². The molecule has 26 heavy (non-hydrogen) atoms. The van der Waals surface area contributed by atoms with Crippen LogP contribution in [0.5, 0.6) is 0 Å². The van der Waals surface area contributed by atoms with Crippen molar-refractivity contribution in [3.63, 3.8) is 0 Å². The van der Waals surface area contributed by atoms with Gasteiger partial charge in [0.05, 0.1) is 18.1 Å². The summed E-state index contributed by atoms with van der Waals surface area (Å²) in [5, 5.41) is 3.41. The Morgan fingerprint density at radius 2 is 1.88 bits per heavy atom. The van der Waals surface area contributed by atoms with E-state index in [1.165, 1.54) is 5.69 Å². The van der Waals surface area contributed by atoms with Crippen LogP contribution in [-0.2, 0) is 21.2 Å². The second-order valence-corrected chi connectivity index (χ2v) is 8.94. The van der Waals surface area contributed by atoms with Crippen LogP contribution in [0.2, 0.25) is 0 Å². The van der Waals surface area contributed by atoms with Crippen molar-refractivity contribution in [2.75, 3.05) is 61.1 Å². The lowest BCUT2D eigenvalue weighted by molar-refractivity contribution is 0.185. The molecule has 6 nitrogen and oxygen atoms in total. The van der Waals surface area contributed by atoms with Gasteiger partial charge in [-0.15, -0.1) is 24.8 Å².